The van der Waals surface area contributed by atoms with Gasteiger partial charge in [-0.05, 0) is 24.3 Å². The van der Waals surface area contributed by atoms with E-state index in [0.29, 0.717) is 0 Å². The number of hydrogen-bond donors (Lipinski definition) is 0. The minimum Gasteiger partial charge on any atom is -0.0683 e. The highest BCUT2D eigenvalue weighted by atomic mass is 14.1. The Bertz CT molecular complexity index is 201. The molecule has 0 aliphatic heterocycles. The van der Waals surface area contributed by atoms with Gasteiger partial charge in [0.2, 0.25) is 0 Å². The molecule has 0 aliphatic rings. The van der Waals surface area contributed by atoms with E-state index in [9.17, 15) is 0 Å². The van der Waals surface area contributed by atoms with Crippen molar-refractivity contribution in [1.82, 2.24) is 0 Å². The van der Waals surface area contributed by atoms with Crippen molar-refractivity contribution in [3.8, 4) is 0 Å². The molecular formula is C14H24. The highest BCUT2D eigenvalue weighted by Gasteiger charge is 2.05. The minimum absolute atomic E-state index is 0.774. The van der Waals surface area contributed by atoms with Crippen LogP contribution in [0.1, 0.15) is 58.4 Å². The molecule has 1 atom stereocenters. The topological polar surface area (TPSA) is 0 Å². The van der Waals surface area contributed by atoms with Crippen LogP contribution in [0, 0.1) is 0 Å². The molecule has 0 radical (unpaired) electrons. The summed E-state index contributed by atoms with van der Waals surface area (Å²) < 4.78 is 0. The van der Waals surface area contributed by atoms with Gasteiger partial charge in [0.1, 0.15) is 0 Å². The zero-order valence-electron chi connectivity index (χ0n) is 10.1. The molecule has 0 saturated carbocycles. The van der Waals surface area contributed by atoms with E-state index in [1.54, 1.807) is 0 Å². The highest BCUT2D eigenvalue weighted by Crippen LogP contribution is 2.23. The van der Waals surface area contributed by atoms with Crippen molar-refractivity contribution in [3.05, 3.63) is 35.9 Å². The number of rotatable bonds is 4. The first-order valence-electron chi connectivity index (χ1n) is 5.93. The largest absolute Gasteiger partial charge is 0.0683 e. The summed E-state index contributed by atoms with van der Waals surface area (Å²) in [7, 11) is 0. The van der Waals surface area contributed by atoms with Crippen LogP contribution in [0.4, 0.5) is 0 Å². The van der Waals surface area contributed by atoms with E-state index in [1.165, 1.54) is 24.8 Å². The van der Waals surface area contributed by atoms with E-state index in [-0.39, 0.29) is 0 Å². The molecule has 1 aromatic carbocycles. The summed E-state index contributed by atoms with van der Waals surface area (Å²) in [6, 6.07) is 10.8. The van der Waals surface area contributed by atoms with Crippen LogP contribution in [0.2, 0.25) is 0 Å². The average molecular weight is 192 g/mol. The summed E-state index contributed by atoms with van der Waals surface area (Å²) in [5.41, 5.74) is 1.50. The lowest BCUT2D eigenvalue weighted by Crippen LogP contribution is -1.95. The van der Waals surface area contributed by atoms with Gasteiger partial charge in [0.15, 0.2) is 0 Å². The van der Waals surface area contributed by atoms with Gasteiger partial charge in [-0.1, -0.05) is 64.4 Å². The molecule has 80 valence electrons. The van der Waals surface area contributed by atoms with Crippen molar-refractivity contribution < 1.29 is 0 Å². The van der Waals surface area contributed by atoms with Crippen LogP contribution in [0.5, 0.6) is 0 Å². The molecule has 0 bridgehead atoms. The van der Waals surface area contributed by atoms with E-state index in [1.807, 2.05) is 13.8 Å². The van der Waals surface area contributed by atoms with Crippen molar-refractivity contribution in [3.63, 3.8) is 0 Å². The van der Waals surface area contributed by atoms with Crippen LogP contribution in [0.15, 0.2) is 30.3 Å². The molecule has 0 heterocycles. The first-order chi connectivity index (χ1) is 6.88. The van der Waals surface area contributed by atoms with Crippen molar-refractivity contribution in [2.75, 3.05) is 0 Å². The summed E-state index contributed by atoms with van der Waals surface area (Å²) in [4.78, 5) is 0. The second-order valence-electron chi connectivity index (χ2n) is 3.30. The Labute approximate surface area is 89.4 Å². The molecule has 1 unspecified atom stereocenters. The first kappa shape index (κ1) is 13.2. The zero-order valence-corrected chi connectivity index (χ0v) is 10.1. The van der Waals surface area contributed by atoms with Crippen LogP contribution in [-0.4, -0.2) is 0 Å². The second-order valence-corrected chi connectivity index (χ2v) is 3.30. The summed E-state index contributed by atoms with van der Waals surface area (Å²) >= 11 is 0. The lowest BCUT2D eigenvalue weighted by atomic mass is 9.92. The third kappa shape index (κ3) is 4.45. The first-order valence-corrected chi connectivity index (χ1v) is 5.93. The maximum Gasteiger partial charge on any atom is -0.0165 e. The molecule has 1 rings (SSSR count). The van der Waals surface area contributed by atoms with Crippen molar-refractivity contribution in [1.29, 1.82) is 0 Å². The summed E-state index contributed by atoms with van der Waals surface area (Å²) in [5, 5.41) is 0. The number of benzene rings is 1. The molecule has 0 fully saturated rings. The van der Waals surface area contributed by atoms with Gasteiger partial charge >= 0.3 is 0 Å². The SMILES string of the molecule is CC.CCCC(CC)c1ccccc1. The van der Waals surface area contributed by atoms with Crippen LogP contribution in [-0.2, 0) is 0 Å². The lowest BCUT2D eigenvalue weighted by molar-refractivity contribution is 0.596. The second kappa shape index (κ2) is 8.80. The van der Waals surface area contributed by atoms with E-state index in [0.717, 1.165) is 5.92 Å². The van der Waals surface area contributed by atoms with E-state index in [2.05, 4.69) is 44.2 Å². The Morgan fingerprint density at radius 1 is 1.00 bits per heavy atom. The summed E-state index contributed by atoms with van der Waals surface area (Å²) in [6.07, 6.45) is 3.87. The third-order valence-electron chi connectivity index (χ3n) is 2.40. The Balaban J connectivity index is 0.000000791. The predicted octanol–water partition coefficient (Wildman–Crippen LogP) is 5.01. The quantitative estimate of drug-likeness (QED) is 0.629. The van der Waals surface area contributed by atoms with Gasteiger partial charge in [0, 0.05) is 0 Å². The van der Waals surface area contributed by atoms with Gasteiger partial charge in [0.25, 0.3) is 0 Å². The standard InChI is InChI=1S/C12H18.C2H6/c1-3-8-11(4-2)12-9-6-5-7-10-12;1-2/h5-7,9-11H,3-4,8H2,1-2H3;1-2H3. The van der Waals surface area contributed by atoms with Crippen molar-refractivity contribution in [2.24, 2.45) is 0 Å². The lowest BCUT2D eigenvalue weighted by Gasteiger charge is -2.13. The minimum atomic E-state index is 0.774. The fraction of sp³-hybridized carbons (Fsp3) is 0.571. The normalized spacial score (nSPS) is 11.4. The molecule has 0 spiro atoms. The Morgan fingerprint density at radius 3 is 2.00 bits per heavy atom. The molecule has 0 aromatic heterocycles. The van der Waals surface area contributed by atoms with Crippen LogP contribution < -0.4 is 0 Å². The molecule has 0 N–H and O–H groups in total. The molecule has 0 amide bonds. The molecule has 0 saturated heterocycles. The van der Waals surface area contributed by atoms with E-state index >= 15 is 0 Å². The fourth-order valence-electron chi connectivity index (χ4n) is 1.68. The molecule has 0 heteroatoms. The third-order valence-corrected chi connectivity index (χ3v) is 2.40. The van der Waals surface area contributed by atoms with Crippen LogP contribution in [0.25, 0.3) is 0 Å². The van der Waals surface area contributed by atoms with Gasteiger partial charge in [-0.25, -0.2) is 0 Å². The molecular weight excluding hydrogens is 168 g/mol. The average Bonchev–Trinajstić information content (AvgIpc) is 2.30. The van der Waals surface area contributed by atoms with Crippen molar-refractivity contribution >= 4 is 0 Å². The summed E-state index contributed by atoms with van der Waals surface area (Å²) in [6.45, 7) is 8.53. The number of hydrogen-bond acceptors (Lipinski definition) is 0. The Hall–Kier alpha value is -0.780. The van der Waals surface area contributed by atoms with Gasteiger partial charge in [-0.15, -0.1) is 0 Å². The smallest absolute Gasteiger partial charge is 0.0165 e. The summed E-state index contributed by atoms with van der Waals surface area (Å²) in [5.74, 6) is 0.774. The van der Waals surface area contributed by atoms with Gasteiger partial charge < -0.3 is 0 Å². The van der Waals surface area contributed by atoms with Gasteiger partial charge in [-0.2, -0.15) is 0 Å². The van der Waals surface area contributed by atoms with Gasteiger partial charge in [-0.3, -0.25) is 0 Å². The molecule has 14 heavy (non-hydrogen) atoms. The Kier molecular flexibility index (Phi) is 8.31. The monoisotopic (exact) mass is 192 g/mol. The molecule has 1 aromatic rings. The highest BCUT2D eigenvalue weighted by molar-refractivity contribution is 5.19. The maximum atomic E-state index is 2.27. The van der Waals surface area contributed by atoms with Crippen molar-refractivity contribution in [2.45, 2.75) is 52.9 Å². The van der Waals surface area contributed by atoms with Crippen LogP contribution in [0.3, 0.4) is 0 Å². The van der Waals surface area contributed by atoms with E-state index < -0.39 is 0 Å². The Morgan fingerprint density at radius 2 is 1.57 bits per heavy atom. The molecule has 0 aliphatic carbocycles. The van der Waals surface area contributed by atoms with Gasteiger partial charge in [0.05, 0.1) is 0 Å². The zero-order chi connectivity index (χ0) is 10.8. The molecule has 0 nitrogen and oxygen atoms in total. The van der Waals surface area contributed by atoms with E-state index in [4.69, 9.17) is 0 Å². The predicted molar refractivity (Wildman–Crippen MR) is 65.7 cm³/mol. The van der Waals surface area contributed by atoms with Crippen LogP contribution >= 0.6 is 0 Å². The maximum absolute atomic E-state index is 2.27. The fourth-order valence-corrected chi connectivity index (χ4v) is 1.68.